The van der Waals surface area contributed by atoms with Crippen molar-refractivity contribution in [2.45, 2.75) is 12.1 Å². The summed E-state index contributed by atoms with van der Waals surface area (Å²) in [6.45, 7) is 0. The van der Waals surface area contributed by atoms with Crippen molar-refractivity contribution in [2.24, 2.45) is 0 Å². The molecule has 3 rings (SSSR count). The van der Waals surface area contributed by atoms with Crippen LogP contribution in [-0.2, 0) is 6.18 Å². The third-order valence-electron chi connectivity index (χ3n) is 3.62. The average Bonchev–Trinajstić information content (AvgIpc) is 2.71. The average molecular weight is 308 g/mol. The number of Topliss-reactive ketones (excluding diaryl/α,β-unsaturated/α-hetero) is 2. The van der Waals surface area contributed by atoms with E-state index >= 15 is 0 Å². The Morgan fingerprint density at radius 1 is 0.864 bits per heavy atom. The lowest BCUT2D eigenvalue weighted by Gasteiger charge is -2.12. The molecule has 0 aromatic heterocycles. The van der Waals surface area contributed by atoms with Crippen LogP contribution in [0.2, 0.25) is 0 Å². The number of rotatable bonds is 1. The van der Waals surface area contributed by atoms with Crippen molar-refractivity contribution < 1.29 is 27.2 Å². The maximum atomic E-state index is 13.9. The lowest BCUT2D eigenvalue weighted by molar-refractivity contribution is -0.137. The molecule has 0 saturated carbocycles. The fraction of sp³-hybridized carbons (Fsp3) is 0.125. The van der Waals surface area contributed by atoms with Crippen molar-refractivity contribution in [1.29, 1.82) is 0 Å². The first-order valence-corrected chi connectivity index (χ1v) is 6.35. The normalized spacial score (nSPS) is 15.3. The highest BCUT2D eigenvalue weighted by molar-refractivity contribution is 6.29. The van der Waals surface area contributed by atoms with Gasteiger partial charge < -0.3 is 0 Å². The van der Waals surface area contributed by atoms with Crippen molar-refractivity contribution in [2.75, 3.05) is 0 Å². The summed E-state index contributed by atoms with van der Waals surface area (Å²) in [5.74, 6) is -3.93. The Bertz CT molecular complexity index is 758. The molecule has 0 spiro atoms. The molecule has 0 amide bonds. The number of halogens is 4. The van der Waals surface area contributed by atoms with Gasteiger partial charge in [0.15, 0.2) is 11.6 Å². The van der Waals surface area contributed by atoms with E-state index in [4.69, 9.17) is 0 Å². The molecule has 0 N–H and O–H groups in total. The van der Waals surface area contributed by atoms with Crippen LogP contribution in [0.25, 0.3) is 0 Å². The van der Waals surface area contributed by atoms with E-state index in [0.717, 1.165) is 0 Å². The molecular weight excluding hydrogens is 300 g/mol. The molecule has 0 atom stereocenters. The zero-order valence-electron chi connectivity index (χ0n) is 10.9. The fourth-order valence-electron chi connectivity index (χ4n) is 2.57. The predicted molar refractivity (Wildman–Crippen MR) is 69.2 cm³/mol. The molecule has 0 bridgehead atoms. The lowest BCUT2D eigenvalue weighted by Crippen LogP contribution is -2.16. The first-order chi connectivity index (χ1) is 10.3. The van der Waals surface area contributed by atoms with Gasteiger partial charge in [0.1, 0.15) is 11.7 Å². The number of carbonyl (C=O) groups excluding carboxylic acids is 2. The van der Waals surface area contributed by atoms with Gasteiger partial charge in [-0.15, -0.1) is 0 Å². The molecule has 1 aliphatic carbocycles. The summed E-state index contributed by atoms with van der Waals surface area (Å²) in [6, 6.07) is 7.62. The minimum absolute atomic E-state index is 0.106. The minimum atomic E-state index is -4.68. The van der Waals surface area contributed by atoms with Gasteiger partial charge in [-0.2, -0.15) is 13.2 Å². The van der Waals surface area contributed by atoms with E-state index in [0.29, 0.717) is 18.2 Å². The smallest absolute Gasteiger partial charge is 0.293 e. The van der Waals surface area contributed by atoms with Gasteiger partial charge in [-0.3, -0.25) is 9.59 Å². The summed E-state index contributed by atoms with van der Waals surface area (Å²) >= 11 is 0. The van der Waals surface area contributed by atoms with Crippen LogP contribution in [0.4, 0.5) is 17.6 Å². The molecule has 2 nitrogen and oxygen atoms in total. The Morgan fingerprint density at radius 3 is 1.91 bits per heavy atom. The Balaban J connectivity index is 2.14. The Morgan fingerprint density at radius 2 is 1.41 bits per heavy atom. The summed E-state index contributed by atoms with van der Waals surface area (Å²) in [7, 11) is 0. The Hall–Kier alpha value is -2.50. The molecule has 0 aliphatic heterocycles. The SMILES string of the molecule is O=C1c2ccccc2C(=O)C1c1cc(C(F)(F)F)ccc1F. The van der Waals surface area contributed by atoms with Crippen LogP contribution < -0.4 is 0 Å². The Kier molecular flexibility index (Phi) is 3.12. The highest BCUT2D eigenvalue weighted by Crippen LogP contribution is 2.38. The van der Waals surface area contributed by atoms with Crippen molar-refractivity contribution in [3.05, 3.63) is 70.5 Å². The second-order valence-corrected chi connectivity index (χ2v) is 4.94. The van der Waals surface area contributed by atoms with Gasteiger partial charge in [0.2, 0.25) is 0 Å². The molecule has 0 heterocycles. The second-order valence-electron chi connectivity index (χ2n) is 4.94. The van der Waals surface area contributed by atoms with Crippen LogP contribution in [0.3, 0.4) is 0 Å². The number of alkyl halides is 3. The third-order valence-corrected chi connectivity index (χ3v) is 3.62. The topological polar surface area (TPSA) is 34.1 Å². The highest BCUT2D eigenvalue weighted by Gasteiger charge is 2.42. The molecule has 22 heavy (non-hydrogen) atoms. The zero-order valence-corrected chi connectivity index (χ0v) is 10.9. The molecule has 112 valence electrons. The van der Waals surface area contributed by atoms with E-state index in [1.54, 1.807) is 0 Å². The van der Waals surface area contributed by atoms with Gasteiger partial charge in [-0.05, 0) is 18.2 Å². The van der Waals surface area contributed by atoms with Crippen LogP contribution in [0.15, 0.2) is 42.5 Å². The monoisotopic (exact) mass is 308 g/mol. The van der Waals surface area contributed by atoms with E-state index in [1.165, 1.54) is 24.3 Å². The van der Waals surface area contributed by atoms with Gasteiger partial charge in [0.05, 0.1) is 5.56 Å². The zero-order chi connectivity index (χ0) is 16.1. The maximum absolute atomic E-state index is 13.9. The van der Waals surface area contributed by atoms with E-state index in [2.05, 4.69) is 0 Å². The van der Waals surface area contributed by atoms with Gasteiger partial charge in [-0.25, -0.2) is 4.39 Å². The molecule has 2 aromatic rings. The number of benzene rings is 2. The van der Waals surface area contributed by atoms with Gasteiger partial charge >= 0.3 is 6.18 Å². The predicted octanol–water partition coefficient (Wildman–Crippen LogP) is 4.01. The quantitative estimate of drug-likeness (QED) is 0.589. The van der Waals surface area contributed by atoms with E-state index < -0.39 is 40.6 Å². The molecule has 0 fully saturated rings. The van der Waals surface area contributed by atoms with Crippen molar-refractivity contribution in [3.63, 3.8) is 0 Å². The van der Waals surface area contributed by atoms with Crippen LogP contribution in [0.1, 0.15) is 37.8 Å². The minimum Gasteiger partial charge on any atom is -0.293 e. The molecule has 2 aromatic carbocycles. The van der Waals surface area contributed by atoms with Crippen molar-refractivity contribution in [1.82, 2.24) is 0 Å². The van der Waals surface area contributed by atoms with E-state index in [-0.39, 0.29) is 11.1 Å². The summed E-state index contributed by atoms with van der Waals surface area (Å²) < 4.78 is 52.2. The van der Waals surface area contributed by atoms with Gasteiger partial charge in [0, 0.05) is 16.7 Å². The highest BCUT2D eigenvalue weighted by atomic mass is 19.4. The molecule has 0 radical (unpaired) electrons. The number of hydrogen-bond donors (Lipinski definition) is 0. The van der Waals surface area contributed by atoms with Crippen molar-refractivity contribution >= 4 is 11.6 Å². The molecule has 1 aliphatic rings. The number of fused-ring (bicyclic) bond motifs is 1. The van der Waals surface area contributed by atoms with Crippen LogP contribution in [0.5, 0.6) is 0 Å². The van der Waals surface area contributed by atoms with Crippen LogP contribution >= 0.6 is 0 Å². The second kappa shape index (κ2) is 4.76. The summed E-state index contributed by atoms with van der Waals surface area (Å²) in [5, 5.41) is 0. The van der Waals surface area contributed by atoms with Crippen LogP contribution in [0, 0.1) is 5.82 Å². The summed E-state index contributed by atoms with van der Waals surface area (Å²) in [5.41, 5.74) is -1.43. The standard InChI is InChI=1S/C16H8F4O2/c17-12-6-5-8(16(18,19)20)7-11(12)13-14(21)9-3-1-2-4-10(9)15(13)22/h1-7,13H. The largest absolute Gasteiger partial charge is 0.416 e. The number of hydrogen-bond acceptors (Lipinski definition) is 2. The number of carbonyl (C=O) groups is 2. The number of ketones is 2. The van der Waals surface area contributed by atoms with Crippen LogP contribution in [-0.4, -0.2) is 11.6 Å². The Labute approximate surface area is 122 Å². The van der Waals surface area contributed by atoms with E-state index in [1.807, 2.05) is 0 Å². The molecular formula is C16H8F4O2. The first-order valence-electron chi connectivity index (χ1n) is 6.35. The fourth-order valence-corrected chi connectivity index (χ4v) is 2.57. The summed E-state index contributed by atoms with van der Waals surface area (Å²) in [4.78, 5) is 24.5. The molecule has 0 unspecified atom stereocenters. The van der Waals surface area contributed by atoms with Gasteiger partial charge in [0.25, 0.3) is 0 Å². The third kappa shape index (κ3) is 2.11. The van der Waals surface area contributed by atoms with Crippen molar-refractivity contribution in [3.8, 4) is 0 Å². The first kappa shape index (κ1) is 14.4. The molecule has 6 heteroatoms. The van der Waals surface area contributed by atoms with E-state index in [9.17, 15) is 27.2 Å². The van der Waals surface area contributed by atoms with Gasteiger partial charge in [-0.1, -0.05) is 24.3 Å². The maximum Gasteiger partial charge on any atom is 0.416 e. The summed E-state index contributed by atoms with van der Waals surface area (Å²) in [6.07, 6.45) is -4.68. The lowest BCUT2D eigenvalue weighted by atomic mass is 9.92. The molecule has 0 saturated heterocycles.